The summed E-state index contributed by atoms with van der Waals surface area (Å²) in [4.78, 5) is 0. The molecule has 1 heteroatoms. The molecule has 0 amide bonds. The second-order valence-corrected chi connectivity index (χ2v) is 9.38. The van der Waals surface area contributed by atoms with Crippen molar-refractivity contribution < 1.29 is 0 Å². The minimum absolute atomic E-state index is 0.509. The van der Waals surface area contributed by atoms with Crippen LogP contribution < -0.4 is 15.9 Å². The maximum absolute atomic E-state index is 2.32. The van der Waals surface area contributed by atoms with E-state index in [0.29, 0.717) is 11.8 Å². The number of hydrogen-bond acceptors (Lipinski definition) is 0. The van der Waals surface area contributed by atoms with Crippen LogP contribution in [0.4, 0.5) is 0 Å². The molecule has 0 nitrogen and oxygen atoms in total. The van der Waals surface area contributed by atoms with Crippen LogP contribution in [0.15, 0.2) is 78.9 Å². The Labute approximate surface area is 153 Å². The van der Waals surface area contributed by atoms with E-state index in [-0.39, 0.29) is 0 Å². The Hall–Kier alpha value is -1.91. The largest absolute Gasteiger partial charge is 0.0622 e. The van der Waals surface area contributed by atoms with Gasteiger partial charge in [0.2, 0.25) is 0 Å². The molecule has 0 heterocycles. The molecule has 0 N–H and O–H groups in total. The molecule has 0 saturated carbocycles. The van der Waals surface area contributed by atoms with Crippen LogP contribution >= 0.6 is 7.92 Å². The van der Waals surface area contributed by atoms with Crippen LogP contribution in [0.5, 0.6) is 0 Å². The first kappa shape index (κ1) is 17.9. The highest BCUT2D eigenvalue weighted by atomic mass is 31.1. The summed E-state index contributed by atoms with van der Waals surface area (Å²) >= 11 is 0. The molecule has 3 rings (SSSR count). The normalized spacial score (nSPS) is 11.5. The van der Waals surface area contributed by atoms with E-state index in [4.69, 9.17) is 0 Å². The van der Waals surface area contributed by atoms with E-state index in [1.807, 2.05) is 0 Å². The summed E-state index contributed by atoms with van der Waals surface area (Å²) in [6.45, 7) is 9.00. The lowest BCUT2D eigenvalue weighted by Gasteiger charge is -2.20. The first-order valence-corrected chi connectivity index (χ1v) is 10.5. The first-order valence-electron chi connectivity index (χ1n) is 9.11. The van der Waals surface area contributed by atoms with Gasteiger partial charge in [-0.1, -0.05) is 107 Å². The van der Waals surface area contributed by atoms with Gasteiger partial charge < -0.3 is 0 Å². The van der Waals surface area contributed by atoms with Gasteiger partial charge in [-0.25, -0.2) is 0 Å². The Kier molecular flexibility index (Phi) is 5.71. The second kappa shape index (κ2) is 7.98. The van der Waals surface area contributed by atoms with Gasteiger partial charge in [0, 0.05) is 0 Å². The Morgan fingerprint density at radius 1 is 0.480 bits per heavy atom. The highest BCUT2D eigenvalue weighted by molar-refractivity contribution is 7.79. The quantitative estimate of drug-likeness (QED) is 0.521. The van der Waals surface area contributed by atoms with Gasteiger partial charge in [-0.15, -0.1) is 0 Å². The number of rotatable bonds is 5. The summed E-state index contributed by atoms with van der Waals surface area (Å²) < 4.78 is 0. The summed E-state index contributed by atoms with van der Waals surface area (Å²) in [6.07, 6.45) is 0. The van der Waals surface area contributed by atoms with Crippen LogP contribution in [0.25, 0.3) is 0 Å². The van der Waals surface area contributed by atoms with Crippen molar-refractivity contribution in [3.05, 3.63) is 90.0 Å². The smallest absolute Gasteiger partial charge is 0.0134 e. The second-order valence-electron chi connectivity index (χ2n) is 7.16. The van der Waals surface area contributed by atoms with E-state index >= 15 is 0 Å². The van der Waals surface area contributed by atoms with Crippen molar-refractivity contribution >= 4 is 23.8 Å². The summed E-state index contributed by atoms with van der Waals surface area (Å²) in [5.74, 6) is 1.14. The van der Waals surface area contributed by atoms with Crippen LogP contribution in [-0.2, 0) is 0 Å². The molecule has 0 spiro atoms. The minimum atomic E-state index is -0.509. The molecule has 0 fully saturated rings. The molecule has 3 aromatic rings. The Bertz CT molecular complexity index is 732. The number of benzene rings is 3. The third-order valence-electron chi connectivity index (χ3n) is 4.65. The van der Waals surface area contributed by atoms with Crippen molar-refractivity contribution in [1.29, 1.82) is 0 Å². The molecule has 0 saturated heterocycles. The fraction of sp³-hybridized carbons (Fsp3) is 0.250. The fourth-order valence-electron chi connectivity index (χ4n) is 3.04. The first-order chi connectivity index (χ1) is 12.1. The minimum Gasteiger partial charge on any atom is -0.0622 e. The predicted octanol–water partition coefficient (Wildman–Crippen LogP) is 5.69. The molecule has 0 aromatic heterocycles. The molecule has 0 aliphatic rings. The molecule has 128 valence electrons. The fourth-order valence-corrected chi connectivity index (χ4v) is 5.30. The highest BCUT2D eigenvalue weighted by Gasteiger charge is 2.16. The lowest BCUT2D eigenvalue weighted by Crippen LogP contribution is -2.20. The van der Waals surface area contributed by atoms with Crippen molar-refractivity contribution in [3.8, 4) is 0 Å². The third kappa shape index (κ3) is 4.20. The predicted molar refractivity (Wildman–Crippen MR) is 113 cm³/mol. The van der Waals surface area contributed by atoms with Crippen molar-refractivity contribution in [1.82, 2.24) is 0 Å². The van der Waals surface area contributed by atoms with Crippen molar-refractivity contribution in [2.75, 3.05) is 0 Å². The molecular weight excluding hydrogens is 319 g/mol. The van der Waals surface area contributed by atoms with E-state index in [0.717, 1.165) is 0 Å². The molecule has 0 aliphatic carbocycles. The van der Waals surface area contributed by atoms with Gasteiger partial charge in [-0.2, -0.15) is 0 Å². The van der Waals surface area contributed by atoms with Crippen LogP contribution in [-0.4, -0.2) is 0 Å². The molecule has 0 bridgehead atoms. The molecule has 3 aromatic carbocycles. The van der Waals surface area contributed by atoms with Gasteiger partial charge >= 0.3 is 0 Å². The van der Waals surface area contributed by atoms with Gasteiger partial charge in [-0.3, -0.25) is 0 Å². The van der Waals surface area contributed by atoms with Crippen molar-refractivity contribution in [2.45, 2.75) is 39.5 Å². The summed E-state index contributed by atoms with van der Waals surface area (Å²) in [5.41, 5.74) is 2.81. The number of hydrogen-bond donors (Lipinski definition) is 0. The molecule has 0 aliphatic heterocycles. The van der Waals surface area contributed by atoms with Gasteiger partial charge in [0.05, 0.1) is 0 Å². The Morgan fingerprint density at radius 2 is 0.840 bits per heavy atom. The van der Waals surface area contributed by atoms with E-state index in [2.05, 4.69) is 107 Å². The van der Waals surface area contributed by atoms with Crippen molar-refractivity contribution in [2.24, 2.45) is 0 Å². The van der Waals surface area contributed by atoms with Crippen molar-refractivity contribution in [3.63, 3.8) is 0 Å². The molecular formula is C24H27P. The van der Waals surface area contributed by atoms with Crippen LogP contribution in [0.2, 0.25) is 0 Å². The van der Waals surface area contributed by atoms with E-state index in [1.54, 1.807) is 0 Å². The third-order valence-corrected chi connectivity index (χ3v) is 7.09. The zero-order valence-corrected chi connectivity index (χ0v) is 16.5. The maximum atomic E-state index is 2.32. The maximum Gasteiger partial charge on any atom is -0.0134 e. The lowest BCUT2D eigenvalue weighted by molar-refractivity contribution is 0.867. The highest BCUT2D eigenvalue weighted by Crippen LogP contribution is 2.33. The Morgan fingerprint density at radius 3 is 1.20 bits per heavy atom. The Balaban J connectivity index is 2.04. The SMILES string of the molecule is CC(C)c1ccc(P(c2ccccc2)c2ccc(C(C)C)cc2)cc1. The van der Waals surface area contributed by atoms with Gasteiger partial charge in [0.1, 0.15) is 0 Å². The standard InChI is InChI=1S/C24H27P/c1-18(2)20-10-14-23(15-11-20)25(22-8-6-5-7-9-22)24-16-12-21(13-17-24)19(3)4/h5-19H,1-4H3. The van der Waals surface area contributed by atoms with Gasteiger partial charge in [-0.05, 0) is 46.8 Å². The van der Waals surface area contributed by atoms with Crippen LogP contribution in [0.1, 0.15) is 50.7 Å². The topological polar surface area (TPSA) is 0 Å². The average Bonchev–Trinajstić information content (AvgIpc) is 2.64. The summed E-state index contributed by atoms with van der Waals surface area (Å²) in [7, 11) is -0.509. The van der Waals surface area contributed by atoms with Crippen LogP contribution in [0, 0.1) is 0 Å². The zero-order chi connectivity index (χ0) is 17.8. The summed E-state index contributed by atoms with van der Waals surface area (Å²) in [5, 5.41) is 4.25. The lowest BCUT2D eigenvalue weighted by atomic mass is 10.0. The molecule has 0 radical (unpaired) electrons. The zero-order valence-electron chi connectivity index (χ0n) is 15.6. The monoisotopic (exact) mass is 346 g/mol. The average molecular weight is 346 g/mol. The van der Waals surface area contributed by atoms with E-state index in [1.165, 1.54) is 27.0 Å². The molecule has 0 unspecified atom stereocenters. The van der Waals surface area contributed by atoms with E-state index in [9.17, 15) is 0 Å². The van der Waals surface area contributed by atoms with Gasteiger partial charge in [0.15, 0.2) is 0 Å². The van der Waals surface area contributed by atoms with Crippen LogP contribution in [0.3, 0.4) is 0 Å². The molecule has 0 atom stereocenters. The summed E-state index contributed by atoms with van der Waals surface area (Å²) in [6, 6.07) is 29.4. The van der Waals surface area contributed by atoms with E-state index < -0.39 is 7.92 Å². The molecule has 25 heavy (non-hydrogen) atoms. The van der Waals surface area contributed by atoms with Gasteiger partial charge in [0.25, 0.3) is 0 Å².